The first-order chi connectivity index (χ1) is 27.9. The summed E-state index contributed by atoms with van der Waals surface area (Å²) in [6.45, 7) is 9.33. The number of para-hydroxylation sites is 5. The van der Waals surface area contributed by atoms with Crippen molar-refractivity contribution in [2.24, 2.45) is 0 Å². The number of nitrogens with zero attached hydrogens (tertiary/aromatic N) is 2. The number of hydrogen-bond donors (Lipinski definition) is 0. The number of aromatic nitrogens is 1. The number of furan rings is 1. The van der Waals surface area contributed by atoms with Gasteiger partial charge >= 0.3 is 0 Å². The van der Waals surface area contributed by atoms with Crippen LogP contribution in [0.5, 0.6) is 0 Å². The van der Waals surface area contributed by atoms with E-state index in [1.165, 1.54) is 71.8 Å². The van der Waals surface area contributed by atoms with E-state index in [0.717, 1.165) is 39.0 Å². The average Bonchev–Trinajstić information content (AvgIpc) is 3.78. The van der Waals surface area contributed by atoms with Crippen LogP contribution < -0.4 is 15.8 Å². The number of benzene rings is 8. The lowest BCUT2D eigenvalue weighted by Gasteiger charge is -2.32. The molecule has 0 saturated carbocycles. The second-order valence-electron chi connectivity index (χ2n) is 15.9. The zero-order valence-electron chi connectivity index (χ0n) is 32.6. The Morgan fingerprint density at radius 2 is 1.23 bits per heavy atom. The van der Waals surface area contributed by atoms with Crippen LogP contribution >= 0.6 is 0 Å². The highest BCUT2D eigenvalue weighted by Crippen LogP contribution is 2.45. The van der Waals surface area contributed by atoms with E-state index < -0.39 is 0 Å². The SMILES string of the molecule is CB1c2c(-c3cc4c(cc3C(C)c3ccc(C)cc3C)oc3ccccc34)cc(N(c3ccccc3)c3ccccc3)cc2-n2c3ccccc3c3cccc1c32. The molecular formula is C53H41BN2O. The van der Waals surface area contributed by atoms with Crippen LogP contribution in [0.15, 0.2) is 174 Å². The minimum absolute atomic E-state index is 0.0992. The van der Waals surface area contributed by atoms with Crippen molar-refractivity contribution in [2.45, 2.75) is 33.5 Å². The fourth-order valence-electron chi connectivity index (χ4n) is 9.87. The van der Waals surface area contributed by atoms with Gasteiger partial charge in [-0.25, -0.2) is 0 Å². The van der Waals surface area contributed by atoms with Crippen LogP contribution in [0.25, 0.3) is 60.6 Å². The maximum atomic E-state index is 6.64. The molecule has 0 spiro atoms. The van der Waals surface area contributed by atoms with E-state index in [9.17, 15) is 0 Å². The molecule has 0 amide bonds. The van der Waals surface area contributed by atoms with E-state index in [2.05, 4.69) is 207 Å². The van der Waals surface area contributed by atoms with Gasteiger partial charge in [0.15, 0.2) is 0 Å². The van der Waals surface area contributed by atoms with Crippen molar-refractivity contribution in [1.82, 2.24) is 4.57 Å². The van der Waals surface area contributed by atoms with Crippen LogP contribution in [-0.2, 0) is 0 Å². The number of anilines is 3. The molecule has 1 atom stereocenters. The first-order valence-electron chi connectivity index (χ1n) is 20.1. The Kier molecular flexibility index (Phi) is 7.59. The average molecular weight is 733 g/mol. The molecule has 1 aliphatic heterocycles. The molecule has 0 fully saturated rings. The molecule has 8 aromatic carbocycles. The highest BCUT2D eigenvalue weighted by Gasteiger charge is 2.34. The molecule has 1 unspecified atom stereocenters. The summed E-state index contributed by atoms with van der Waals surface area (Å²) in [4.78, 5) is 2.41. The van der Waals surface area contributed by atoms with E-state index in [0.29, 0.717) is 0 Å². The Morgan fingerprint density at radius 1 is 0.544 bits per heavy atom. The lowest BCUT2D eigenvalue weighted by atomic mass is 9.40. The number of aryl methyl sites for hydroxylation is 2. The van der Waals surface area contributed by atoms with E-state index >= 15 is 0 Å². The van der Waals surface area contributed by atoms with Gasteiger partial charge in [-0.2, -0.15) is 0 Å². The Balaban J connectivity index is 1.30. The van der Waals surface area contributed by atoms with Gasteiger partial charge in [-0.3, -0.25) is 0 Å². The standard InChI is InChI=1S/C53H41BN2O/c1-33-26-27-39(34(2)28-33)35(3)43-32-51-45(41-21-12-14-25-50(41)57-51)31-44(43)46-29-38(55(36-16-7-5-8-17-36)37-18-9-6-10-19-37)30-49-52(46)54(4)47-23-15-22-42-40-20-11-13-24-48(40)56(49)53(42)47/h5-32,35H,1-4H3. The Bertz CT molecular complexity index is 3150. The second-order valence-corrected chi connectivity index (χ2v) is 15.9. The number of rotatable bonds is 6. The first kappa shape index (κ1) is 33.6. The van der Waals surface area contributed by atoms with Gasteiger partial charge in [0.05, 0.1) is 5.52 Å². The molecule has 0 radical (unpaired) electrons. The molecule has 0 N–H and O–H groups in total. The highest BCUT2D eigenvalue weighted by atomic mass is 16.3. The zero-order chi connectivity index (χ0) is 38.4. The van der Waals surface area contributed by atoms with Gasteiger partial charge < -0.3 is 13.9 Å². The van der Waals surface area contributed by atoms with Crippen LogP contribution in [0.2, 0.25) is 6.82 Å². The first-order valence-corrected chi connectivity index (χ1v) is 20.1. The van der Waals surface area contributed by atoms with Gasteiger partial charge in [-0.15, -0.1) is 0 Å². The van der Waals surface area contributed by atoms with Crippen molar-refractivity contribution in [1.29, 1.82) is 0 Å². The molecule has 0 bridgehead atoms. The van der Waals surface area contributed by atoms with E-state index in [4.69, 9.17) is 4.42 Å². The van der Waals surface area contributed by atoms with Crippen molar-refractivity contribution in [3.63, 3.8) is 0 Å². The third-order valence-corrected chi connectivity index (χ3v) is 12.5. The Morgan fingerprint density at radius 3 is 1.98 bits per heavy atom. The predicted molar refractivity (Wildman–Crippen MR) is 242 cm³/mol. The molecule has 2 aromatic heterocycles. The van der Waals surface area contributed by atoms with Gasteiger partial charge in [0, 0.05) is 55.7 Å². The number of fused-ring (bicyclic) bond motifs is 8. The summed E-state index contributed by atoms with van der Waals surface area (Å²) in [6, 6.07) is 62.4. The van der Waals surface area contributed by atoms with E-state index in [1.807, 2.05) is 0 Å². The van der Waals surface area contributed by atoms with Crippen molar-refractivity contribution in [3.05, 3.63) is 192 Å². The number of hydrogen-bond acceptors (Lipinski definition) is 2. The smallest absolute Gasteiger partial charge is 0.212 e. The summed E-state index contributed by atoms with van der Waals surface area (Å²) in [5, 5.41) is 4.85. The Hall–Kier alpha value is -6.78. The van der Waals surface area contributed by atoms with Gasteiger partial charge in [0.2, 0.25) is 6.71 Å². The normalized spacial score (nSPS) is 12.8. The minimum atomic E-state index is 0.0992. The van der Waals surface area contributed by atoms with Crippen molar-refractivity contribution < 1.29 is 4.42 Å². The van der Waals surface area contributed by atoms with Crippen molar-refractivity contribution >= 4 is 78.4 Å². The fraction of sp³-hybridized carbons (Fsp3) is 0.0943. The largest absolute Gasteiger partial charge is 0.456 e. The summed E-state index contributed by atoms with van der Waals surface area (Å²) in [6.07, 6.45) is 0. The molecule has 0 aliphatic carbocycles. The predicted octanol–water partition coefficient (Wildman–Crippen LogP) is 13.1. The molecule has 1 aliphatic rings. The lowest BCUT2D eigenvalue weighted by molar-refractivity contribution is 0.667. The Labute approximate surface area is 333 Å². The summed E-state index contributed by atoms with van der Waals surface area (Å²) in [5.74, 6) is 0.0992. The van der Waals surface area contributed by atoms with Crippen LogP contribution in [0.4, 0.5) is 17.1 Å². The quantitative estimate of drug-likeness (QED) is 0.159. The summed E-state index contributed by atoms with van der Waals surface area (Å²) >= 11 is 0. The minimum Gasteiger partial charge on any atom is -0.456 e. The maximum absolute atomic E-state index is 6.64. The van der Waals surface area contributed by atoms with Gasteiger partial charge in [-0.1, -0.05) is 134 Å². The maximum Gasteiger partial charge on any atom is 0.212 e. The molecular weight excluding hydrogens is 691 g/mol. The summed E-state index contributed by atoms with van der Waals surface area (Å²) in [7, 11) is 0. The highest BCUT2D eigenvalue weighted by molar-refractivity contribution is 6.88. The molecule has 0 saturated heterocycles. The molecule has 11 rings (SSSR count). The fourth-order valence-corrected chi connectivity index (χ4v) is 9.87. The monoisotopic (exact) mass is 732 g/mol. The van der Waals surface area contributed by atoms with Crippen LogP contribution in [0.3, 0.4) is 0 Å². The molecule has 4 heteroatoms. The third-order valence-electron chi connectivity index (χ3n) is 12.5. The summed E-state index contributed by atoms with van der Waals surface area (Å²) in [5.41, 5.74) is 19.2. The summed E-state index contributed by atoms with van der Waals surface area (Å²) < 4.78 is 9.19. The second kappa shape index (κ2) is 12.9. The van der Waals surface area contributed by atoms with Crippen molar-refractivity contribution in [3.8, 4) is 16.8 Å². The van der Waals surface area contributed by atoms with Crippen LogP contribution in [0.1, 0.15) is 35.1 Å². The molecule has 272 valence electrons. The van der Waals surface area contributed by atoms with Crippen LogP contribution in [0, 0.1) is 13.8 Å². The molecule has 10 aromatic rings. The zero-order valence-corrected chi connectivity index (χ0v) is 32.6. The molecule has 57 heavy (non-hydrogen) atoms. The van der Waals surface area contributed by atoms with Crippen LogP contribution in [-0.4, -0.2) is 11.3 Å². The van der Waals surface area contributed by atoms with Gasteiger partial charge in [0.25, 0.3) is 0 Å². The topological polar surface area (TPSA) is 21.3 Å². The third kappa shape index (κ3) is 5.13. The molecule has 3 nitrogen and oxygen atoms in total. The molecule has 3 heterocycles. The van der Waals surface area contributed by atoms with Crippen molar-refractivity contribution in [2.75, 3.05) is 4.90 Å². The van der Waals surface area contributed by atoms with E-state index in [1.54, 1.807) is 0 Å². The lowest BCUT2D eigenvalue weighted by Crippen LogP contribution is -2.46. The van der Waals surface area contributed by atoms with E-state index in [-0.39, 0.29) is 12.6 Å². The van der Waals surface area contributed by atoms with Gasteiger partial charge in [-0.05, 0) is 108 Å². The van der Waals surface area contributed by atoms with Gasteiger partial charge in [0.1, 0.15) is 11.2 Å².